The summed E-state index contributed by atoms with van der Waals surface area (Å²) in [5.74, 6) is 0.896. The lowest BCUT2D eigenvalue weighted by molar-refractivity contribution is 0.653. The van der Waals surface area contributed by atoms with Crippen LogP contribution in [0.4, 0.5) is 11.6 Å². The molecule has 0 fully saturated rings. The minimum Gasteiger partial charge on any atom is -0.319 e. The van der Waals surface area contributed by atoms with Crippen LogP contribution < -0.4 is 10.9 Å². The van der Waals surface area contributed by atoms with Crippen LogP contribution in [0, 0.1) is 6.92 Å². The summed E-state index contributed by atoms with van der Waals surface area (Å²) < 4.78 is 4.27. The molecule has 0 bridgehead atoms. The summed E-state index contributed by atoms with van der Waals surface area (Å²) in [5.41, 5.74) is 2.90. The monoisotopic (exact) mass is 476 g/mol. The molecule has 1 N–H and O–H groups in total. The lowest BCUT2D eigenvalue weighted by Crippen LogP contribution is -2.11. The quantitative estimate of drug-likeness (QED) is 0.421. The van der Waals surface area contributed by atoms with Crippen molar-refractivity contribution in [1.82, 2.24) is 34.3 Å². The zero-order chi connectivity index (χ0) is 21.5. The number of nitrogens with zero attached hydrogens (tertiary/aromatic N) is 7. The fourth-order valence-corrected chi connectivity index (χ4v) is 3.81. The lowest BCUT2D eigenvalue weighted by Gasteiger charge is -2.08. The highest BCUT2D eigenvalue weighted by molar-refractivity contribution is 9.10. The maximum absolute atomic E-state index is 12.3. The molecule has 154 valence electrons. The summed E-state index contributed by atoms with van der Waals surface area (Å²) in [6.45, 7) is 4.71. The standard InChI is InChI=1S/C21H17BrN8O/c1-3-29-11-14(12(2)27-29)18-26-19-13-7-6-8-15(22)17(13)25-21(30(19)28-18)24-16-9-4-5-10-23-20(16)31/h4-11H,3H2,1-2H3,(H,23,24,25,31). The SMILES string of the molecule is CCn1cc(-c2nc3c4cccc(Br)c4nc(Nc4ccccnc4=O)n3n2)c(C)n1. The Labute approximate surface area is 184 Å². The van der Waals surface area contributed by atoms with Crippen LogP contribution in [-0.2, 0) is 6.54 Å². The number of rotatable bonds is 4. The van der Waals surface area contributed by atoms with Crippen molar-refractivity contribution in [3.63, 3.8) is 0 Å². The highest BCUT2D eigenvalue weighted by Crippen LogP contribution is 2.29. The predicted molar refractivity (Wildman–Crippen MR) is 121 cm³/mol. The first-order chi connectivity index (χ1) is 15.0. The Balaban J connectivity index is 1.78. The summed E-state index contributed by atoms with van der Waals surface area (Å²) in [6, 6.07) is 10.9. The Bertz CT molecular complexity index is 1510. The van der Waals surface area contributed by atoms with Gasteiger partial charge in [0.05, 0.1) is 16.8 Å². The summed E-state index contributed by atoms with van der Waals surface area (Å²) >= 11 is 3.57. The van der Waals surface area contributed by atoms with E-state index in [-0.39, 0.29) is 5.69 Å². The average molecular weight is 477 g/mol. The Kier molecular flexibility index (Phi) is 4.70. The number of benzene rings is 1. The second-order valence-electron chi connectivity index (χ2n) is 6.90. The van der Waals surface area contributed by atoms with Gasteiger partial charge in [-0.2, -0.15) is 9.61 Å². The molecule has 0 unspecified atom stereocenters. The predicted octanol–water partition coefficient (Wildman–Crippen LogP) is 3.73. The van der Waals surface area contributed by atoms with Crippen molar-refractivity contribution in [3.05, 3.63) is 69.3 Å². The van der Waals surface area contributed by atoms with Crippen molar-refractivity contribution in [2.24, 2.45) is 0 Å². The van der Waals surface area contributed by atoms with E-state index in [1.807, 2.05) is 42.9 Å². The van der Waals surface area contributed by atoms with Crippen molar-refractivity contribution in [2.45, 2.75) is 20.4 Å². The summed E-state index contributed by atoms with van der Waals surface area (Å²) in [5, 5.41) is 13.1. The number of aromatic nitrogens is 7. The van der Waals surface area contributed by atoms with Crippen molar-refractivity contribution >= 4 is 44.1 Å². The van der Waals surface area contributed by atoms with Gasteiger partial charge in [-0.3, -0.25) is 9.48 Å². The van der Waals surface area contributed by atoms with Crippen LogP contribution in [0.25, 0.3) is 27.9 Å². The Morgan fingerprint density at radius 1 is 1.10 bits per heavy atom. The van der Waals surface area contributed by atoms with Gasteiger partial charge >= 0.3 is 0 Å². The highest BCUT2D eigenvalue weighted by atomic mass is 79.9. The van der Waals surface area contributed by atoms with Crippen molar-refractivity contribution in [2.75, 3.05) is 5.32 Å². The van der Waals surface area contributed by atoms with Gasteiger partial charge in [-0.1, -0.05) is 12.1 Å². The molecule has 5 rings (SSSR count). The number of hydrogen-bond donors (Lipinski definition) is 1. The largest absolute Gasteiger partial charge is 0.319 e. The number of nitrogens with one attached hydrogen (secondary N) is 1. The number of anilines is 2. The van der Waals surface area contributed by atoms with Crippen LogP contribution in [0.15, 0.2) is 58.1 Å². The molecule has 4 heterocycles. The highest BCUT2D eigenvalue weighted by Gasteiger charge is 2.19. The van der Waals surface area contributed by atoms with Gasteiger partial charge in [-0.05, 0) is 54.0 Å². The molecule has 0 aliphatic heterocycles. The normalized spacial score (nSPS) is 11.3. The zero-order valence-corrected chi connectivity index (χ0v) is 18.3. The first-order valence-corrected chi connectivity index (χ1v) is 10.5. The third-order valence-electron chi connectivity index (χ3n) is 4.89. The maximum atomic E-state index is 12.3. The molecule has 1 aromatic carbocycles. The first kappa shape index (κ1) is 19.3. The minimum atomic E-state index is -0.396. The van der Waals surface area contributed by atoms with Crippen LogP contribution in [0.1, 0.15) is 12.6 Å². The van der Waals surface area contributed by atoms with Gasteiger partial charge in [0.2, 0.25) is 5.95 Å². The maximum Gasteiger partial charge on any atom is 0.293 e. The van der Waals surface area contributed by atoms with Crippen molar-refractivity contribution in [3.8, 4) is 11.4 Å². The van der Waals surface area contributed by atoms with Gasteiger partial charge in [0.25, 0.3) is 5.56 Å². The molecule has 0 radical (unpaired) electrons. The van der Waals surface area contributed by atoms with Gasteiger partial charge in [0.1, 0.15) is 5.69 Å². The van der Waals surface area contributed by atoms with Crippen molar-refractivity contribution < 1.29 is 0 Å². The molecule has 0 saturated heterocycles. The van der Waals surface area contributed by atoms with E-state index < -0.39 is 5.56 Å². The molecule has 9 nitrogen and oxygen atoms in total. The molecule has 5 aromatic rings. The second kappa shape index (κ2) is 7.55. The fourth-order valence-electron chi connectivity index (χ4n) is 3.36. The van der Waals surface area contributed by atoms with E-state index in [0.29, 0.717) is 22.9 Å². The summed E-state index contributed by atoms with van der Waals surface area (Å²) in [6.07, 6.45) is 3.38. The fraction of sp³-hybridized carbons (Fsp3) is 0.143. The molecule has 0 amide bonds. The van der Waals surface area contributed by atoms with E-state index >= 15 is 0 Å². The minimum absolute atomic E-state index is 0.289. The van der Waals surface area contributed by atoms with Gasteiger partial charge in [-0.25, -0.2) is 15.0 Å². The van der Waals surface area contributed by atoms with E-state index in [1.54, 1.807) is 22.7 Å². The molecular formula is C21H17BrN8O. The molecule has 0 aliphatic rings. The van der Waals surface area contributed by atoms with E-state index in [2.05, 4.69) is 31.3 Å². The molecule has 10 heteroatoms. The Morgan fingerprint density at radius 2 is 1.97 bits per heavy atom. The summed E-state index contributed by atoms with van der Waals surface area (Å²) in [4.78, 5) is 25.7. The van der Waals surface area contributed by atoms with Crippen LogP contribution >= 0.6 is 15.9 Å². The Hall–Kier alpha value is -3.66. The lowest BCUT2D eigenvalue weighted by atomic mass is 10.2. The molecule has 0 aliphatic carbocycles. The van der Waals surface area contributed by atoms with Gasteiger partial charge < -0.3 is 5.32 Å². The van der Waals surface area contributed by atoms with E-state index in [4.69, 9.17) is 15.1 Å². The third-order valence-corrected chi connectivity index (χ3v) is 5.53. The number of aryl methyl sites for hydroxylation is 2. The topological polar surface area (TPSA) is 103 Å². The smallest absolute Gasteiger partial charge is 0.293 e. The van der Waals surface area contributed by atoms with E-state index in [9.17, 15) is 4.79 Å². The third kappa shape index (κ3) is 3.34. The van der Waals surface area contributed by atoms with Crippen LogP contribution in [0.5, 0.6) is 0 Å². The number of fused-ring (bicyclic) bond motifs is 3. The molecule has 0 atom stereocenters. The molecule has 0 saturated carbocycles. The molecular weight excluding hydrogens is 460 g/mol. The summed E-state index contributed by atoms with van der Waals surface area (Å²) in [7, 11) is 0. The van der Waals surface area contributed by atoms with Gasteiger partial charge in [-0.15, -0.1) is 5.10 Å². The second-order valence-corrected chi connectivity index (χ2v) is 7.75. The van der Waals surface area contributed by atoms with Crippen LogP contribution in [0.3, 0.4) is 0 Å². The molecule has 4 aromatic heterocycles. The van der Waals surface area contributed by atoms with Gasteiger partial charge in [0.15, 0.2) is 11.5 Å². The van der Waals surface area contributed by atoms with Gasteiger partial charge in [0, 0.05) is 28.8 Å². The van der Waals surface area contributed by atoms with E-state index in [0.717, 1.165) is 27.7 Å². The zero-order valence-electron chi connectivity index (χ0n) is 16.7. The molecule has 0 spiro atoms. The van der Waals surface area contributed by atoms with Crippen LogP contribution in [-0.4, -0.2) is 34.3 Å². The Morgan fingerprint density at radius 3 is 2.77 bits per heavy atom. The number of para-hydroxylation sites is 1. The van der Waals surface area contributed by atoms with Crippen LogP contribution in [0.2, 0.25) is 0 Å². The number of hydrogen-bond acceptors (Lipinski definition) is 7. The number of halogens is 1. The van der Waals surface area contributed by atoms with E-state index in [1.165, 1.54) is 6.20 Å². The van der Waals surface area contributed by atoms with Crippen molar-refractivity contribution in [1.29, 1.82) is 0 Å². The molecule has 31 heavy (non-hydrogen) atoms. The first-order valence-electron chi connectivity index (χ1n) is 9.67. The average Bonchev–Trinajstić information content (AvgIpc) is 3.31.